The van der Waals surface area contributed by atoms with Crippen molar-refractivity contribution in [3.8, 4) is 5.75 Å². The minimum Gasteiger partial charge on any atom is -0.508 e. The van der Waals surface area contributed by atoms with Crippen LogP contribution in [0.15, 0.2) is 47.4 Å². The number of phenols is 1. The summed E-state index contributed by atoms with van der Waals surface area (Å²) in [7, 11) is -4.12. The number of benzene rings is 2. The van der Waals surface area contributed by atoms with Gasteiger partial charge in [-0.3, -0.25) is 14.8 Å². The van der Waals surface area contributed by atoms with Crippen LogP contribution in [0.3, 0.4) is 0 Å². The maximum atomic E-state index is 13.6. The summed E-state index contributed by atoms with van der Waals surface area (Å²) in [5.74, 6) is -1.07. The molecule has 0 aliphatic rings. The van der Waals surface area contributed by atoms with Crippen LogP contribution in [-0.2, 0) is 10.0 Å². The predicted molar refractivity (Wildman–Crippen MR) is 72.0 cm³/mol. The van der Waals surface area contributed by atoms with Crippen LogP contribution in [0.5, 0.6) is 5.75 Å². The number of nitro benzene ring substituents is 1. The lowest BCUT2D eigenvalue weighted by Crippen LogP contribution is -2.14. The largest absolute Gasteiger partial charge is 0.508 e. The third kappa shape index (κ3) is 3.26. The average molecular weight is 312 g/mol. The Morgan fingerprint density at radius 3 is 2.33 bits per heavy atom. The van der Waals surface area contributed by atoms with Crippen LogP contribution < -0.4 is 4.72 Å². The lowest BCUT2D eigenvalue weighted by atomic mass is 10.3. The fourth-order valence-electron chi connectivity index (χ4n) is 1.53. The fraction of sp³-hybridized carbons (Fsp3) is 0. The molecule has 0 radical (unpaired) electrons. The Morgan fingerprint density at radius 2 is 1.76 bits per heavy atom. The number of nitro groups is 1. The number of nitrogens with one attached hydrogen (secondary N) is 1. The first-order valence-electron chi connectivity index (χ1n) is 5.55. The van der Waals surface area contributed by atoms with Crippen LogP contribution in [0.2, 0.25) is 0 Å². The molecule has 21 heavy (non-hydrogen) atoms. The third-order valence-corrected chi connectivity index (χ3v) is 3.93. The van der Waals surface area contributed by atoms with E-state index in [0.717, 1.165) is 42.5 Å². The zero-order valence-corrected chi connectivity index (χ0v) is 11.2. The van der Waals surface area contributed by atoms with Gasteiger partial charge in [-0.1, -0.05) is 0 Å². The number of non-ortho nitro benzene ring substituents is 1. The molecule has 0 heterocycles. The van der Waals surface area contributed by atoms with Gasteiger partial charge in [-0.05, 0) is 30.3 Å². The van der Waals surface area contributed by atoms with E-state index in [1.54, 1.807) is 0 Å². The van der Waals surface area contributed by atoms with Gasteiger partial charge in [0.2, 0.25) is 0 Å². The maximum absolute atomic E-state index is 13.6. The molecule has 0 fully saturated rings. The maximum Gasteiger partial charge on any atom is 0.271 e. The molecule has 0 atom stereocenters. The van der Waals surface area contributed by atoms with Crippen molar-refractivity contribution >= 4 is 21.4 Å². The summed E-state index contributed by atoms with van der Waals surface area (Å²) in [4.78, 5) is 9.63. The Balaban J connectivity index is 2.38. The van der Waals surface area contributed by atoms with Gasteiger partial charge in [-0.15, -0.1) is 0 Å². The van der Waals surface area contributed by atoms with Gasteiger partial charge in [-0.2, -0.15) is 0 Å². The molecule has 2 aromatic carbocycles. The van der Waals surface area contributed by atoms with Gasteiger partial charge < -0.3 is 5.11 Å². The van der Waals surface area contributed by atoms with Gasteiger partial charge in [0.15, 0.2) is 0 Å². The second kappa shape index (κ2) is 5.37. The summed E-state index contributed by atoms with van der Waals surface area (Å²) in [6.45, 7) is 0. The van der Waals surface area contributed by atoms with E-state index in [9.17, 15) is 22.9 Å². The molecule has 0 saturated heterocycles. The molecule has 2 rings (SSSR count). The number of rotatable bonds is 4. The summed E-state index contributed by atoms with van der Waals surface area (Å²) in [6, 6.07) is 7.05. The van der Waals surface area contributed by atoms with E-state index >= 15 is 0 Å². The summed E-state index contributed by atoms with van der Waals surface area (Å²) in [5.41, 5.74) is -0.975. The van der Waals surface area contributed by atoms with Crippen LogP contribution in [0, 0.1) is 15.9 Å². The van der Waals surface area contributed by atoms with Crippen molar-refractivity contribution in [1.82, 2.24) is 0 Å². The Kier molecular flexibility index (Phi) is 3.76. The van der Waals surface area contributed by atoms with E-state index in [1.165, 1.54) is 0 Å². The lowest BCUT2D eigenvalue weighted by molar-refractivity contribution is -0.384. The second-order valence-corrected chi connectivity index (χ2v) is 5.70. The van der Waals surface area contributed by atoms with E-state index in [0.29, 0.717) is 0 Å². The average Bonchev–Trinajstić information content (AvgIpc) is 2.41. The van der Waals surface area contributed by atoms with Crippen LogP contribution in [-0.4, -0.2) is 18.4 Å². The van der Waals surface area contributed by atoms with Gasteiger partial charge in [0.1, 0.15) is 11.6 Å². The topological polar surface area (TPSA) is 110 Å². The van der Waals surface area contributed by atoms with Crippen molar-refractivity contribution in [2.45, 2.75) is 4.90 Å². The monoisotopic (exact) mass is 312 g/mol. The first kappa shape index (κ1) is 14.7. The molecule has 0 amide bonds. The number of aromatic hydroxyl groups is 1. The van der Waals surface area contributed by atoms with Crippen LogP contribution >= 0.6 is 0 Å². The number of anilines is 1. The Bertz CT molecular complexity index is 790. The highest BCUT2D eigenvalue weighted by Crippen LogP contribution is 2.24. The van der Waals surface area contributed by atoms with Crippen molar-refractivity contribution in [3.05, 3.63) is 58.4 Å². The van der Waals surface area contributed by atoms with Gasteiger partial charge in [0.05, 0.1) is 15.5 Å². The molecule has 0 aliphatic heterocycles. The zero-order valence-electron chi connectivity index (χ0n) is 10.4. The normalized spacial score (nSPS) is 11.1. The lowest BCUT2D eigenvalue weighted by Gasteiger charge is -2.08. The highest BCUT2D eigenvalue weighted by Gasteiger charge is 2.18. The molecule has 0 unspecified atom stereocenters. The van der Waals surface area contributed by atoms with Crippen LogP contribution in [0.1, 0.15) is 0 Å². The number of nitrogens with zero attached hydrogens (tertiary/aromatic N) is 1. The highest BCUT2D eigenvalue weighted by molar-refractivity contribution is 7.92. The third-order valence-electron chi connectivity index (χ3n) is 2.55. The molecule has 0 bridgehead atoms. The van der Waals surface area contributed by atoms with Gasteiger partial charge >= 0.3 is 0 Å². The fourth-order valence-corrected chi connectivity index (χ4v) is 2.59. The summed E-state index contributed by atoms with van der Waals surface area (Å²) < 4.78 is 39.5. The number of hydrogen-bond acceptors (Lipinski definition) is 5. The molecule has 0 saturated carbocycles. The summed E-state index contributed by atoms with van der Waals surface area (Å²) in [5, 5.41) is 19.7. The van der Waals surface area contributed by atoms with Crippen molar-refractivity contribution in [2.75, 3.05) is 4.72 Å². The first-order chi connectivity index (χ1) is 9.79. The van der Waals surface area contributed by atoms with Gasteiger partial charge in [-0.25, -0.2) is 12.8 Å². The smallest absolute Gasteiger partial charge is 0.271 e. The number of phenolic OH excluding ortho intramolecular Hbond substituents is 1. The second-order valence-electron chi connectivity index (χ2n) is 4.02. The molecule has 2 N–H and O–H groups in total. The SMILES string of the molecule is O=[N+]([O-])c1ccc(F)c(NS(=O)(=O)c2ccc(O)cc2)c1. The number of halogens is 1. The highest BCUT2D eigenvalue weighted by atomic mass is 32.2. The van der Waals surface area contributed by atoms with E-state index in [-0.39, 0.29) is 10.6 Å². The standard InChI is InChI=1S/C12H9FN2O5S/c13-11-6-1-8(15(17)18)7-12(11)14-21(19,20)10-4-2-9(16)3-5-10/h1-7,14,16H. The molecule has 9 heteroatoms. The Morgan fingerprint density at radius 1 is 1.14 bits per heavy atom. The predicted octanol–water partition coefficient (Wildman–Crippen LogP) is 2.24. The van der Waals surface area contributed by atoms with E-state index in [2.05, 4.69) is 0 Å². The van der Waals surface area contributed by atoms with Crippen molar-refractivity contribution < 1.29 is 22.8 Å². The molecule has 7 nitrogen and oxygen atoms in total. The van der Waals surface area contributed by atoms with Gasteiger partial charge in [0.25, 0.3) is 15.7 Å². The number of sulfonamides is 1. The molecule has 0 aromatic heterocycles. The van der Waals surface area contributed by atoms with Crippen LogP contribution in [0.4, 0.5) is 15.8 Å². The first-order valence-corrected chi connectivity index (χ1v) is 7.04. The van der Waals surface area contributed by atoms with Gasteiger partial charge in [0, 0.05) is 12.1 Å². The van der Waals surface area contributed by atoms with Crippen molar-refractivity contribution in [2.24, 2.45) is 0 Å². The summed E-state index contributed by atoms with van der Waals surface area (Å²) in [6.07, 6.45) is 0. The zero-order chi connectivity index (χ0) is 15.6. The summed E-state index contributed by atoms with van der Waals surface area (Å²) >= 11 is 0. The number of hydrogen-bond donors (Lipinski definition) is 2. The molecule has 2 aromatic rings. The quantitative estimate of drug-likeness (QED) is 0.664. The van der Waals surface area contributed by atoms with E-state index in [1.807, 2.05) is 4.72 Å². The van der Waals surface area contributed by atoms with E-state index < -0.39 is 32.1 Å². The molecular formula is C12H9FN2O5S. The molecule has 110 valence electrons. The minimum absolute atomic E-state index is 0.129. The molecule has 0 aliphatic carbocycles. The molecule has 0 spiro atoms. The van der Waals surface area contributed by atoms with Crippen molar-refractivity contribution in [3.63, 3.8) is 0 Å². The Hall–Kier alpha value is -2.68. The van der Waals surface area contributed by atoms with Crippen molar-refractivity contribution in [1.29, 1.82) is 0 Å². The molecular weight excluding hydrogens is 303 g/mol. The van der Waals surface area contributed by atoms with Crippen LogP contribution in [0.25, 0.3) is 0 Å². The Labute approximate surface area is 118 Å². The minimum atomic E-state index is -4.12. The van der Waals surface area contributed by atoms with E-state index in [4.69, 9.17) is 5.11 Å².